The number of carboxylic acids is 4. The van der Waals surface area contributed by atoms with E-state index < -0.39 is 85.0 Å². The summed E-state index contributed by atoms with van der Waals surface area (Å²) in [5, 5.41) is 43.5. The van der Waals surface area contributed by atoms with Gasteiger partial charge in [0.15, 0.2) is 0 Å². The van der Waals surface area contributed by atoms with Crippen LogP contribution in [0.4, 0.5) is 0 Å². The van der Waals surface area contributed by atoms with Crippen molar-refractivity contribution in [2.45, 2.75) is 49.9 Å². The first-order valence-corrected chi connectivity index (χ1v) is 11.4. The summed E-state index contributed by atoms with van der Waals surface area (Å²) >= 11 is 0. The molecule has 0 bridgehead atoms. The van der Waals surface area contributed by atoms with E-state index in [4.69, 9.17) is 15.9 Å². The Morgan fingerprint density at radius 3 is 1.72 bits per heavy atom. The first-order valence-electron chi connectivity index (χ1n) is 11.4. The number of nitrogens with one attached hydrogen (secondary N) is 4. The number of aromatic nitrogens is 1. The van der Waals surface area contributed by atoms with E-state index in [1.165, 1.54) is 0 Å². The van der Waals surface area contributed by atoms with Crippen LogP contribution in [-0.4, -0.2) is 91.2 Å². The average Bonchev–Trinajstić information content (AvgIpc) is 3.24. The lowest BCUT2D eigenvalue weighted by Crippen LogP contribution is -2.58. The minimum atomic E-state index is -1.86. The molecule has 0 aliphatic carbocycles. The van der Waals surface area contributed by atoms with Crippen LogP contribution in [0.25, 0.3) is 10.9 Å². The third-order valence-corrected chi connectivity index (χ3v) is 5.47. The molecule has 2 aromatic rings. The van der Waals surface area contributed by atoms with Crippen LogP contribution in [0, 0.1) is 0 Å². The molecule has 1 aromatic heterocycles. The van der Waals surface area contributed by atoms with Crippen LogP contribution in [0.2, 0.25) is 0 Å². The molecule has 0 radical (unpaired) electrons. The molecule has 4 unspecified atom stereocenters. The van der Waals surface area contributed by atoms with Gasteiger partial charge in [0.2, 0.25) is 17.7 Å². The number of amides is 3. The molecular formula is C23H27N5O11. The SMILES string of the molecule is NC(CC(=O)O)C(=O)NC(CC(=O)O)C(=O)NC(CC(=O)O)C(=O)NC(Cc1c[nH]c2ccccc12)C(=O)O. The van der Waals surface area contributed by atoms with Gasteiger partial charge in [-0.2, -0.15) is 0 Å². The number of carbonyl (C=O) groups excluding carboxylic acids is 3. The summed E-state index contributed by atoms with van der Waals surface area (Å²) in [7, 11) is 0. The number of aliphatic carboxylic acids is 4. The van der Waals surface area contributed by atoms with Crippen molar-refractivity contribution < 1.29 is 54.0 Å². The summed E-state index contributed by atoms with van der Waals surface area (Å²) in [5.41, 5.74) is 6.67. The van der Waals surface area contributed by atoms with Gasteiger partial charge in [0.05, 0.1) is 25.3 Å². The summed E-state index contributed by atoms with van der Waals surface area (Å²) in [4.78, 5) is 85.9. The van der Waals surface area contributed by atoms with Crippen LogP contribution in [0.15, 0.2) is 30.5 Å². The molecule has 0 saturated heterocycles. The second-order valence-electron chi connectivity index (χ2n) is 8.49. The Morgan fingerprint density at radius 1 is 0.718 bits per heavy atom. The van der Waals surface area contributed by atoms with Gasteiger partial charge in [0.1, 0.15) is 18.1 Å². The van der Waals surface area contributed by atoms with Crippen molar-refractivity contribution in [2.24, 2.45) is 5.73 Å². The summed E-state index contributed by atoms with van der Waals surface area (Å²) in [6, 6.07) is 0.0899. The number of rotatable bonds is 15. The Bertz CT molecular complexity index is 1270. The van der Waals surface area contributed by atoms with E-state index in [9.17, 15) is 43.8 Å². The molecule has 4 atom stereocenters. The van der Waals surface area contributed by atoms with Crippen molar-refractivity contribution in [3.05, 3.63) is 36.0 Å². The maximum absolute atomic E-state index is 12.9. The van der Waals surface area contributed by atoms with Crippen LogP contribution < -0.4 is 21.7 Å². The molecule has 16 nitrogen and oxygen atoms in total. The number of carbonyl (C=O) groups is 7. The minimum absolute atomic E-state index is 0.196. The number of para-hydroxylation sites is 1. The van der Waals surface area contributed by atoms with E-state index in [1.54, 1.807) is 30.5 Å². The maximum Gasteiger partial charge on any atom is 0.326 e. The molecule has 1 heterocycles. The summed E-state index contributed by atoms with van der Waals surface area (Å²) < 4.78 is 0. The van der Waals surface area contributed by atoms with Crippen LogP contribution >= 0.6 is 0 Å². The number of carboxylic acid groups (broad SMARTS) is 4. The van der Waals surface area contributed by atoms with Crippen molar-refractivity contribution in [3.8, 4) is 0 Å². The Kier molecular flexibility index (Phi) is 10.5. The number of H-pyrrole nitrogens is 1. The predicted molar refractivity (Wildman–Crippen MR) is 130 cm³/mol. The lowest BCUT2D eigenvalue weighted by Gasteiger charge is -2.23. The highest BCUT2D eigenvalue weighted by Gasteiger charge is 2.33. The zero-order valence-electron chi connectivity index (χ0n) is 20.2. The molecule has 210 valence electrons. The number of benzene rings is 1. The number of aromatic amines is 1. The van der Waals surface area contributed by atoms with E-state index in [-0.39, 0.29) is 6.42 Å². The Balaban J connectivity index is 2.19. The maximum atomic E-state index is 12.9. The minimum Gasteiger partial charge on any atom is -0.481 e. The standard InChI is InChI=1S/C23H27N5O11/c24-12(6-17(29)30)20(35)26-14(7-18(31)32)21(36)27-15(8-19(33)34)22(37)28-16(23(38)39)5-10-9-25-13-4-2-1-3-11(10)13/h1-4,9,12,14-16,25H,5-8,24H2,(H,26,35)(H,27,36)(H,28,37)(H,29,30)(H,31,32)(H,33,34)(H,38,39). The van der Waals surface area contributed by atoms with Gasteiger partial charge in [-0.05, 0) is 11.6 Å². The summed E-state index contributed by atoms with van der Waals surface area (Å²) in [5.74, 6) is -9.66. The van der Waals surface area contributed by atoms with Gasteiger partial charge in [0, 0.05) is 23.5 Å². The van der Waals surface area contributed by atoms with E-state index >= 15 is 0 Å². The van der Waals surface area contributed by atoms with Gasteiger partial charge in [-0.15, -0.1) is 0 Å². The van der Waals surface area contributed by atoms with Gasteiger partial charge in [-0.3, -0.25) is 28.8 Å². The number of hydrogen-bond donors (Lipinski definition) is 9. The smallest absolute Gasteiger partial charge is 0.326 e. The monoisotopic (exact) mass is 549 g/mol. The number of fused-ring (bicyclic) bond motifs is 1. The molecule has 0 aliphatic heterocycles. The van der Waals surface area contributed by atoms with Gasteiger partial charge in [-0.25, -0.2) is 4.79 Å². The highest BCUT2D eigenvalue weighted by molar-refractivity contribution is 5.97. The molecule has 1 aromatic carbocycles. The van der Waals surface area contributed by atoms with E-state index in [0.29, 0.717) is 16.5 Å². The molecule has 39 heavy (non-hydrogen) atoms. The fraction of sp³-hybridized carbons (Fsp3) is 0.348. The predicted octanol–water partition coefficient (Wildman–Crippen LogP) is -2.00. The molecule has 0 fully saturated rings. The third-order valence-electron chi connectivity index (χ3n) is 5.47. The zero-order valence-corrected chi connectivity index (χ0v) is 20.2. The summed E-state index contributed by atoms with van der Waals surface area (Å²) in [6.45, 7) is 0. The Labute approximate surface area is 219 Å². The third kappa shape index (κ3) is 9.12. The van der Waals surface area contributed by atoms with Gasteiger partial charge in [-0.1, -0.05) is 18.2 Å². The largest absolute Gasteiger partial charge is 0.481 e. The van der Waals surface area contributed by atoms with Gasteiger partial charge in [0.25, 0.3) is 0 Å². The summed E-state index contributed by atoms with van der Waals surface area (Å²) in [6.07, 6.45) is -1.50. The second kappa shape index (κ2) is 13.5. The fourth-order valence-corrected chi connectivity index (χ4v) is 3.59. The van der Waals surface area contributed by atoms with Gasteiger partial charge < -0.3 is 47.1 Å². The van der Waals surface area contributed by atoms with Gasteiger partial charge >= 0.3 is 23.9 Å². The number of nitrogens with two attached hydrogens (primary N) is 1. The van der Waals surface area contributed by atoms with Crippen molar-refractivity contribution in [2.75, 3.05) is 0 Å². The van der Waals surface area contributed by atoms with E-state index in [1.807, 2.05) is 10.6 Å². The van der Waals surface area contributed by atoms with Crippen LogP contribution in [-0.2, 0) is 40.0 Å². The first-order chi connectivity index (χ1) is 18.3. The average molecular weight is 549 g/mol. The number of hydrogen-bond acceptors (Lipinski definition) is 8. The molecule has 0 aliphatic rings. The lowest BCUT2D eigenvalue weighted by molar-refractivity contribution is -0.145. The fourth-order valence-electron chi connectivity index (χ4n) is 3.59. The quantitative estimate of drug-likeness (QED) is 0.117. The van der Waals surface area contributed by atoms with Crippen molar-refractivity contribution in [1.82, 2.24) is 20.9 Å². The van der Waals surface area contributed by atoms with Crippen LogP contribution in [0.1, 0.15) is 24.8 Å². The normalized spacial score (nSPS) is 13.9. The van der Waals surface area contributed by atoms with Crippen molar-refractivity contribution in [1.29, 1.82) is 0 Å². The molecule has 0 saturated carbocycles. The van der Waals surface area contributed by atoms with Crippen LogP contribution in [0.5, 0.6) is 0 Å². The molecule has 0 spiro atoms. The highest BCUT2D eigenvalue weighted by atomic mass is 16.4. The highest BCUT2D eigenvalue weighted by Crippen LogP contribution is 2.19. The van der Waals surface area contributed by atoms with E-state index in [2.05, 4.69) is 10.3 Å². The molecule has 3 amide bonds. The zero-order chi connectivity index (χ0) is 29.3. The Morgan fingerprint density at radius 2 is 1.21 bits per heavy atom. The van der Waals surface area contributed by atoms with Crippen molar-refractivity contribution >= 4 is 52.5 Å². The topological polar surface area (TPSA) is 278 Å². The Hall–Kier alpha value is -4.99. The molecule has 10 N–H and O–H groups in total. The molecular weight excluding hydrogens is 522 g/mol. The van der Waals surface area contributed by atoms with E-state index in [0.717, 1.165) is 0 Å². The first kappa shape index (κ1) is 30.2. The molecule has 16 heteroatoms. The van der Waals surface area contributed by atoms with Crippen molar-refractivity contribution in [3.63, 3.8) is 0 Å². The van der Waals surface area contributed by atoms with Crippen LogP contribution in [0.3, 0.4) is 0 Å². The lowest BCUT2D eigenvalue weighted by atomic mass is 10.0. The second-order valence-corrected chi connectivity index (χ2v) is 8.49. The molecule has 2 rings (SSSR count).